The van der Waals surface area contributed by atoms with Gasteiger partial charge in [0, 0.05) is 0 Å². The van der Waals surface area contributed by atoms with Crippen LogP contribution >= 0.6 is 0 Å². The third-order valence-corrected chi connectivity index (χ3v) is 2.83. The van der Waals surface area contributed by atoms with Gasteiger partial charge in [-0.25, -0.2) is 4.79 Å². The summed E-state index contributed by atoms with van der Waals surface area (Å²) in [5.74, 6) is -0.376. The third kappa shape index (κ3) is 3.37. The molecule has 1 N–H and O–H groups in total. The summed E-state index contributed by atoms with van der Waals surface area (Å²) in [5, 5.41) is 11.7. The molecule has 0 radical (unpaired) electrons. The highest BCUT2D eigenvalue weighted by Gasteiger charge is 2.27. The van der Waals surface area contributed by atoms with Gasteiger partial charge in [0.05, 0.1) is 14.2 Å². The zero-order valence-corrected chi connectivity index (χ0v) is 11.4. The second-order valence-electron chi connectivity index (χ2n) is 4.00. The van der Waals surface area contributed by atoms with Crippen LogP contribution in [0, 0.1) is 17.2 Å². The molecule has 104 valence electrons. The average Bonchev–Trinajstić information content (AvgIpc) is 2.85. The Labute approximate surface area is 111 Å². The maximum atomic E-state index is 11.7. The smallest absolute Gasteiger partial charge is 0.328 e. The van der Waals surface area contributed by atoms with Gasteiger partial charge in [-0.05, 0) is 5.92 Å². The maximum Gasteiger partial charge on any atom is 0.328 e. The van der Waals surface area contributed by atoms with Crippen molar-refractivity contribution >= 4 is 12.0 Å². The van der Waals surface area contributed by atoms with E-state index in [0.717, 1.165) is 6.42 Å². The molecular weight excluding hydrogens is 250 g/mol. The minimum Gasteiger partial charge on any atom is -0.467 e. The lowest BCUT2D eigenvalue weighted by atomic mass is 9.99. The lowest BCUT2D eigenvalue weighted by Gasteiger charge is -2.20. The molecule has 7 heteroatoms. The van der Waals surface area contributed by atoms with Gasteiger partial charge in [0.2, 0.25) is 5.69 Å². The molecule has 0 spiro atoms. The lowest BCUT2D eigenvalue weighted by Crippen LogP contribution is -2.36. The number of rotatable bonds is 6. The number of esters is 1. The second kappa shape index (κ2) is 6.64. The van der Waals surface area contributed by atoms with E-state index in [-0.39, 0.29) is 23.6 Å². The van der Waals surface area contributed by atoms with Crippen LogP contribution in [0.5, 0.6) is 5.95 Å². The lowest BCUT2D eigenvalue weighted by molar-refractivity contribution is -0.142. The van der Waals surface area contributed by atoms with Crippen molar-refractivity contribution in [2.75, 3.05) is 19.5 Å². The zero-order valence-electron chi connectivity index (χ0n) is 11.4. The topological polar surface area (TPSA) is 97.4 Å². The highest BCUT2D eigenvalue weighted by molar-refractivity contribution is 5.78. The quantitative estimate of drug-likeness (QED) is 0.781. The van der Waals surface area contributed by atoms with Crippen LogP contribution < -0.4 is 10.1 Å². The van der Waals surface area contributed by atoms with Gasteiger partial charge in [0.25, 0.3) is 6.01 Å². The van der Waals surface area contributed by atoms with Crippen molar-refractivity contribution in [2.45, 2.75) is 26.3 Å². The standard InChI is InChI=1S/C12H17N3O4/c1-5-7(2)9(10(16)17-3)15-12-14-8(6-13)11(18-4)19-12/h7,9H,5H2,1-4H3,(H,14,15). The first kappa shape index (κ1) is 14.8. The molecule has 7 nitrogen and oxygen atoms in total. The van der Waals surface area contributed by atoms with Crippen molar-refractivity contribution in [1.82, 2.24) is 4.98 Å². The fraction of sp³-hybridized carbons (Fsp3) is 0.583. The van der Waals surface area contributed by atoms with E-state index in [1.54, 1.807) is 0 Å². The summed E-state index contributed by atoms with van der Waals surface area (Å²) in [6.45, 7) is 3.86. The normalized spacial score (nSPS) is 13.2. The zero-order chi connectivity index (χ0) is 14.4. The molecule has 1 rings (SSSR count). The Hall–Kier alpha value is -2.23. The minimum absolute atomic E-state index is 0.0118. The Morgan fingerprint density at radius 1 is 1.58 bits per heavy atom. The van der Waals surface area contributed by atoms with E-state index in [0.29, 0.717) is 0 Å². The summed E-state index contributed by atoms with van der Waals surface area (Å²) in [6, 6.07) is 1.31. The van der Waals surface area contributed by atoms with Crippen LogP contribution in [-0.4, -0.2) is 31.2 Å². The third-order valence-electron chi connectivity index (χ3n) is 2.83. The molecule has 2 unspecified atom stereocenters. The number of hydrogen-bond acceptors (Lipinski definition) is 7. The molecule has 0 saturated carbocycles. The number of methoxy groups -OCH3 is 2. The van der Waals surface area contributed by atoms with E-state index in [4.69, 9.17) is 19.2 Å². The highest BCUT2D eigenvalue weighted by Crippen LogP contribution is 2.24. The molecular formula is C12H17N3O4. The van der Waals surface area contributed by atoms with E-state index >= 15 is 0 Å². The molecule has 19 heavy (non-hydrogen) atoms. The number of nitrogens with zero attached hydrogens (tertiary/aromatic N) is 2. The van der Waals surface area contributed by atoms with Crippen LogP contribution in [0.4, 0.5) is 6.01 Å². The molecule has 0 fully saturated rings. The van der Waals surface area contributed by atoms with Gasteiger partial charge in [-0.3, -0.25) is 0 Å². The van der Waals surface area contributed by atoms with Crippen LogP contribution in [0.25, 0.3) is 0 Å². The molecule has 1 aromatic rings. The van der Waals surface area contributed by atoms with Gasteiger partial charge in [-0.2, -0.15) is 10.2 Å². The van der Waals surface area contributed by atoms with Crippen molar-refractivity contribution < 1.29 is 18.7 Å². The largest absolute Gasteiger partial charge is 0.467 e. The molecule has 1 aromatic heterocycles. The van der Waals surface area contributed by atoms with Crippen LogP contribution in [0.3, 0.4) is 0 Å². The molecule has 0 amide bonds. The number of nitrogens with one attached hydrogen (secondary N) is 1. The first-order chi connectivity index (χ1) is 9.07. The average molecular weight is 267 g/mol. The summed E-state index contributed by atoms with van der Waals surface area (Å²) in [6.07, 6.45) is 0.774. The number of carbonyl (C=O) groups is 1. The van der Waals surface area contributed by atoms with Gasteiger partial charge in [0.1, 0.15) is 12.1 Å². The summed E-state index contributed by atoms with van der Waals surface area (Å²) in [4.78, 5) is 15.6. The Bertz CT molecular complexity index is 478. The van der Waals surface area contributed by atoms with E-state index < -0.39 is 12.0 Å². The van der Waals surface area contributed by atoms with E-state index in [2.05, 4.69) is 10.3 Å². The Balaban J connectivity index is 2.93. The Morgan fingerprint density at radius 2 is 2.26 bits per heavy atom. The summed E-state index contributed by atoms with van der Waals surface area (Å²) >= 11 is 0. The fourth-order valence-corrected chi connectivity index (χ4v) is 1.51. The number of anilines is 1. The second-order valence-corrected chi connectivity index (χ2v) is 4.00. The van der Waals surface area contributed by atoms with Crippen molar-refractivity contribution in [1.29, 1.82) is 5.26 Å². The molecule has 1 heterocycles. The van der Waals surface area contributed by atoms with Gasteiger partial charge in [-0.1, -0.05) is 20.3 Å². The van der Waals surface area contributed by atoms with Crippen LogP contribution in [0.15, 0.2) is 4.42 Å². The molecule has 0 bridgehead atoms. The van der Waals surface area contributed by atoms with Crippen molar-refractivity contribution in [3.8, 4) is 12.0 Å². The van der Waals surface area contributed by atoms with Gasteiger partial charge in [0.15, 0.2) is 0 Å². The van der Waals surface area contributed by atoms with Crippen molar-refractivity contribution in [2.24, 2.45) is 5.92 Å². The number of hydrogen-bond donors (Lipinski definition) is 1. The van der Waals surface area contributed by atoms with Crippen LogP contribution in [0.1, 0.15) is 26.0 Å². The molecule has 0 aliphatic heterocycles. The molecule has 0 aromatic carbocycles. The van der Waals surface area contributed by atoms with E-state index in [1.807, 2.05) is 19.9 Å². The molecule has 0 saturated heterocycles. The summed E-state index contributed by atoms with van der Waals surface area (Å²) in [7, 11) is 2.69. The first-order valence-corrected chi connectivity index (χ1v) is 5.86. The number of ether oxygens (including phenoxy) is 2. The van der Waals surface area contributed by atoms with Gasteiger partial charge < -0.3 is 19.2 Å². The number of carbonyl (C=O) groups excluding carboxylic acids is 1. The Morgan fingerprint density at radius 3 is 2.68 bits per heavy atom. The van der Waals surface area contributed by atoms with E-state index in [1.165, 1.54) is 14.2 Å². The van der Waals surface area contributed by atoms with E-state index in [9.17, 15) is 4.79 Å². The maximum absolute atomic E-state index is 11.7. The first-order valence-electron chi connectivity index (χ1n) is 5.86. The van der Waals surface area contributed by atoms with Gasteiger partial charge in [-0.15, -0.1) is 0 Å². The number of aromatic nitrogens is 1. The molecule has 0 aliphatic carbocycles. The summed E-state index contributed by atoms with van der Waals surface area (Å²) in [5.41, 5.74) is 0.0257. The molecule has 2 atom stereocenters. The molecule has 0 aliphatic rings. The number of nitriles is 1. The predicted molar refractivity (Wildman–Crippen MR) is 66.7 cm³/mol. The number of oxazole rings is 1. The monoisotopic (exact) mass is 267 g/mol. The van der Waals surface area contributed by atoms with Crippen LogP contribution in [0.2, 0.25) is 0 Å². The summed E-state index contributed by atoms with van der Waals surface area (Å²) < 4.78 is 14.8. The van der Waals surface area contributed by atoms with Crippen LogP contribution in [-0.2, 0) is 9.53 Å². The predicted octanol–water partition coefficient (Wildman–Crippen LogP) is 1.55. The van der Waals surface area contributed by atoms with Crippen molar-refractivity contribution in [3.05, 3.63) is 5.69 Å². The fourth-order valence-electron chi connectivity index (χ4n) is 1.51. The Kier molecular flexibility index (Phi) is 5.18. The SMILES string of the molecule is CCC(C)C(Nc1nc(C#N)c(OC)o1)C(=O)OC. The highest BCUT2D eigenvalue weighted by atomic mass is 16.6. The minimum atomic E-state index is -0.593. The van der Waals surface area contributed by atoms with Crippen molar-refractivity contribution in [3.63, 3.8) is 0 Å². The van der Waals surface area contributed by atoms with Gasteiger partial charge >= 0.3 is 11.9 Å².